The van der Waals surface area contributed by atoms with E-state index in [4.69, 9.17) is 32.7 Å². The number of fused-ring (bicyclic) bond motifs is 2. The summed E-state index contributed by atoms with van der Waals surface area (Å²) in [5, 5.41) is 19.3. The number of halogens is 5. The van der Waals surface area contributed by atoms with E-state index in [0.717, 1.165) is 50.5 Å². The first-order chi connectivity index (χ1) is 17.4. The van der Waals surface area contributed by atoms with Gasteiger partial charge in [-0.25, -0.2) is 18.1 Å². The summed E-state index contributed by atoms with van der Waals surface area (Å²) in [6.07, 6.45) is 8.84. The fourth-order valence-corrected chi connectivity index (χ4v) is 5.30. The normalized spacial score (nSPS) is 20.5. The molecule has 2 unspecified atom stereocenters. The van der Waals surface area contributed by atoms with Crippen LogP contribution in [0.1, 0.15) is 51.0 Å². The predicted octanol–water partition coefficient (Wildman–Crippen LogP) is 7.52. The molecule has 2 aliphatic rings. The Labute approximate surface area is 224 Å². The number of hydrogen-bond acceptors (Lipinski definition) is 5. The molecule has 2 aromatic heterocycles. The van der Waals surface area contributed by atoms with Crippen LogP contribution in [-0.2, 0) is 9.47 Å². The summed E-state index contributed by atoms with van der Waals surface area (Å²) in [5.41, 5.74) is 1.21. The van der Waals surface area contributed by atoms with Crippen LogP contribution >= 0.6 is 39.1 Å². The second-order valence-corrected chi connectivity index (χ2v) is 10.2. The fraction of sp³-hybridized carbons (Fsp3) is 0.417. The molecule has 2 saturated heterocycles. The van der Waals surface area contributed by atoms with Crippen molar-refractivity contribution < 1.29 is 23.4 Å². The van der Waals surface area contributed by atoms with Crippen LogP contribution in [0.4, 0.5) is 8.78 Å². The van der Waals surface area contributed by atoms with E-state index in [1.165, 1.54) is 18.3 Å². The van der Waals surface area contributed by atoms with Gasteiger partial charge in [0.2, 0.25) is 0 Å². The van der Waals surface area contributed by atoms with Gasteiger partial charge in [0.05, 0.1) is 38.3 Å². The van der Waals surface area contributed by atoms with Gasteiger partial charge >= 0.3 is 0 Å². The third kappa shape index (κ3) is 4.81. The summed E-state index contributed by atoms with van der Waals surface area (Å²) in [6, 6.07) is 2.69. The van der Waals surface area contributed by atoms with Crippen molar-refractivity contribution in [2.75, 3.05) is 13.2 Å². The van der Waals surface area contributed by atoms with Gasteiger partial charge in [0, 0.05) is 30.7 Å². The molecule has 4 heterocycles. The maximum absolute atomic E-state index is 13.7. The highest BCUT2D eigenvalue weighted by molar-refractivity contribution is 9.10. The zero-order chi connectivity index (χ0) is 25.4. The van der Waals surface area contributed by atoms with Gasteiger partial charge in [-0.2, -0.15) is 10.2 Å². The minimum atomic E-state index is -0.653. The van der Waals surface area contributed by atoms with E-state index >= 15 is 0 Å². The molecule has 0 aliphatic carbocycles. The Morgan fingerprint density at radius 3 is 1.86 bits per heavy atom. The first-order valence-electron chi connectivity index (χ1n) is 11.6. The van der Waals surface area contributed by atoms with Crippen molar-refractivity contribution in [3.05, 3.63) is 50.7 Å². The standard InChI is InChI=1S/C12H11BrClFN2O.C12H12ClFN2O2/c13-11-7-6-16-17(10-3-1-2-4-18-10)9(7)5-8(15)12(11)14;13-11-8(14)5-9-7(12(11)17)6-15-16(9)10-3-1-2-4-18-10/h5-6,10H,1-4H2;5-6,10,17H,1-4H2. The number of phenols is 1. The Balaban J connectivity index is 0.000000148. The monoisotopic (exact) mass is 602 g/mol. The highest BCUT2D eigenvalue weighted by atomic mass is 79.9. The Bertz CT molecular complexity index is 1300. The lowest BCUT2D eigenvalue weighted by atomic mass is 10.2. The quantitative estimate of drug-likeness (QED) is 0.240. The number of phenolic OH excluding ortho intramolecular Hbond substituents is 1. The molecule has 12 heteroatoms. The highest BCUT2D eigenvalue weighted by Gasteiger charge is 2.23. The number of hydrogen-bond donors (Lipinski definition) is 1. The summed E-state index contributed by atoms with van der Waals surface area (Å²) in [6.45, 7) is 1.40. The predicted molar refractivity (Wildman–Crippen MR) is 136 cm³/mol. The first kappa shape index (κ1) is 25.7. The average molecular weight is 604 g/mol. The SMILES string of the molecule is Fc1cc2c(cnn2C2CCCCO2)c(Br)c1Cl.Oc1c(Cl)c(F)cc2c1cnn2C1CCCCO1. The molecule has 0 spiro atoms. The molecule has 0 bridgehead atoms. The molecule has 0 amide bonds. The van der Waals surface area contributed by atoms with E-state index in [0.29, 0.717) is 27.5 Å². The molecule has 0 saturated carbocycles. The minimum absolute atomic E-state index is 0.0895. The maximum Gasteiger partial charge on any atom is 0.150 e. The van der Waals surface area contributed by atoms with Gasteiger partial charge in [0.25, 0.3) is 0 Å². The summed E-state index contributed by atoms with van der Waals surface area (Å²) in [5.74, 6) is -1.37. The number of rotatable bonds is 2. The van der Waals surface area contributed by atoms with Crippen molar-refractivity contribution in [1.82, 2.24) is 19.6 Å². The third-order valence-corrected chi connectivity index (χ3v) is 8.14. The molecule has 1 N–H and O–H groups in total. The Hall–Kier alpha value is -1.98. The van der Waals surface area contributed by atoms with Crippen molar-refractivity contribution in [3.8, 4) is 5.75 Å². The summed E-state index contributed by atoms with van der Waals surface area (Å²) < 4.78 is 42.4. The molecule has 0 radical (unpaired) electrons. The van der Waals surface area contributed by atoms with E-state index in [1.807, 2.05) is 0 Å². The number of ether oxygens (including phenoxy) is 2. The average Bonchev–Trinajstić information content (AvgIpc) is 3.52. The third-order valence-electron chi connectivity index (χ3n) is 6.36. The van der Waals surface area contributed by atoms with Gasteiger partial charge in [0.1, 0.15) is 22.4 Å². The summed E-state index contributed by atoms with van der Waals surface area (Å²) in [7, 11) is 0. The maximum atomic E-state index is 13.7. The number of aromatic hydroxyl groups is 1. The second kappa shape index (κ2) is 10.8. The second-order valence-electron chi connectivity index (χ2n) is 8.69. The van der Waals surface area contributed by atoms with Crippen LogP contribution < -0.4 is 0 Å². The Morgan fingerprint density at radius 1 is 0.833 bits per heavy atom. The van der Waals surface area contributed by atoms with Gasteiger partial charge in [-0.3, -0.25) is 0 Å². The zero-order valence-corrected chi connectivity index (χ0v) is 22.2. The number of benzene rings is 2. The zero-order valence-electron chi connectivity index (χ0n) is 19.1. The molecule has 192 valence electrons. The van der Waals surface area contributed by atoms with Crippen LogP contribution in [-0.4, -0.2) is 37.9 Å². The highest BCUT2D eigenvalue weighted by Crippen LogP contribution is 2.37. The van der Waals surface area contributed by atoms with Crippen molar-refractivity contribution in [2.45, 2.75) is 51.0 Å². The van der Waals surface area contributed by atoms with Gasteiger partial charge in [-0.05, 0) is 54.5 Å². The first-order valence-corrected chi connectivity index (χ1v) is 13.2. The molecule has 36 heavy (non-hydrogen) atoms. The lowest BCUT2D eigenvalue weighted by molar-refractivity contribution is -0.0368. The molecule has 2 aromatic carbocycles. The van der Waals surface area contributed by atoms with Crippen molar-refractivity contribution in [3.63, 3.8) is 0 Å². The molecular weight excluding hydrogens is 581 g/mol. The fourth-order valence-electron chi connectivity index (χ4n) is 4.50. The molecule has 2 fully saturated rings. The number of nitrogens with zero attached hydrogens (tertiary/aromatic N) is 4. The topological polar surface area (TPSA) is 74.3 Å². The summed E-state index contributed by atoms with van der Waals surface area (Å²) in [4.78, 5) is 0. The van der Waals surface area contributed by atoms with Crippen LogP contribution in [0.2, 0.25) is 10.0 Å². The van der Waals surface area contributed by atoms with Crippen LogP contribution in [0.15, 0.2) is 29.0 Å². The van der Waals surface area contributed by atoms with Gasteiger partial charge < -0.3 is 14.6 Å². The largest absolute Gasteiger partial charge is 0.506 e. The van der Waals surface area contributed by atoms with Crippen molar-refractivity contribution in [2.24, 2.45) is 0 Å². The smallest absolute Gasteiger partial charge is 0.150 e. The van der Waals surface area contributed by atoms with Crippen LogP contribution in [0.5, 0.6) is 5.75 Å². The lowest BCUT2D eigenvalue weighted by Gasteiger charge is -2.23. The molecule has 2 atom stereocenters. The molecule has 6 rings (SSSR count). The molecule has 7 nitrogen and oxygen atoms in total. The minimum Gasteiger partial charge on any atom is -0.506 e. The molecule has 2 aliphatic heterocycles. The van der Waals surface area contributed by atoms with E-state index in [-0.39, 0.29) is 28.3 Å². The van der Waals surface area contributed by atoms with E-state index < -0.39 is 11.6 Å². The van der Waals surface area contributed by atoms with Crippen molar-refractivity contribution >= 4 is 60.9 Å². The van der Waals surface area contributed by atoms with Crippen LogP contribution in [0, 0.1) is 11.6 Å². The number of aromatic nitrogens is 4. The van der Waals surface area contributed by atoms with Crippen LogP contribution in [0.25, 0.3) is 21.8 Å². The van der Waals surface area contributed by atoms with Crippen molar-refractivity contribution in [1.29, 1.82) is 0 Å². The Morgan fingerprint density at radius 2 is 1.33 bits per heavy atom. The van der Waals surface area contributed by atoms with Gasteiger partial charge in [-0.15, -0.1) is 0 Å². The van der Waals surface area contributed by atoms with Crippen LogP contribution in [0.3, 0.4) is 0 Å². The lowest BCUT2D eigenvalue weighted by Crippen LogP contribution is -2.19. The Kier molecular flexibility index (Phi) is 7.69. The molecular formula is C24H23BrCl2F2N4O3. The van der Waals surface area contributed by atoms with Gasteiger partial charge in [-0.1, -0.05) is 23.2 Å². The summed E-state index contributed by atoms with van der Waals surface area (Å²) >= 11 is 14.8. The van der Waals surface area contributed by atoms with Gasteiger partial charge in [0.15, 0.2) is 12.5 Å². The van der Waals surface area contributed by atoms with E-state index in [9.17, 15) is 13.9 Å². The van der Waals surface area contributed by atoms with E-state index in [2.05, 4.69) is 26.1 Å². The molecule has 4 aromatic rings. The van der Waals surface area contributed by atoms with E-state index in [1.54, 1.807) is 15.6 Å².